The van der Waals surface area contributed by atoms with Gasteiger partial charge in [0.2, 0.25) is 5.91 Å². The molecule has 0 heterocycles. The first-order chi connectivity index (χ1) is 8.45. The van der Waals surface area contributed by atoms with E-state index in [2.05, 4.69) is 21.2 Å². The Labute approximate surface area is 119 Å². The number of carbonyl (C=O) groups is 1. The molecule has 1 amide bonds. The second-order valence-electron chi connectivity index (χ2n) is 3.96. The van der Waals surface area contributed by atoms with Crippen molar-refractivity contribution in [3.63, 3.8) is 0 Å². The number of anilines is 1. The average Bonchev–Trinajstić information content (AvgIpc) is 2.32. The summed E-state index contributed by atoms with van der Waals surface area (Å²) in [5.74, 6) is 0.130. The number of aryl methyl sites for hydroxylation is 1. The zero-order valence-electron chi connectivity index (χ0n) is 10.3. The third kappa shape index (κ3) is 4.26. The Morgan fingerprint density at radius 1 is 1.61 bits per heavy atom. The van der Waals surface area contributed by atoms with Crippen LogP contribution in [0, 0.1) is 12.7 Å². The van der Waals surface area contributed by atoms with E-state index in [9.17, 15) is 9.18 Å². The van der Waals surface area contributed by atoms with Crippen molar-refractivity contribution in [2.24, 2.45) is 5.73 Å². The second kappa shape index (κ2) is 7.11. The third-order valence-electron chi connectivity index (χ3n) is 2.49. The maximum Gasteiger partial charge on any atom is 0.241 e. The van der Waals surface area contributed by atoms with Crippen LogP contribution in [0.1, 0.15) is 12.0 Å². The summed E-state index contributed by atoms with van der Waals surface area (Å²) in [4.78, 5) is 11.8. The van der Waals surface area contributed by atoms with Crippen LogP contribution in [0.15, 0.2) is 16.6 Å². The molecule has 0 radical (unpaired) electrons. The minimum absolute atomic E-state index is 0.283. The van der Waals surface area contributed by atoms with Gasteiger partial charge >= 0.3 is 0 Å². The molecule has 3 N–H and O–H groups in total. The van der Waals surface area contributed by atoms with Gasteiger partial charge in [0, 0.05) is 5.69 Å². The van der Waals surface area contributed by atoms with Crippen molar-refractivity contribution in [1.29, 1.82) is 0 Å². The van der Waals surface area contributed by atoms with Gasteiger partial charge in [-0.3, -0.25) is 4.79 Å². The van der Waals surface area contributed by atoms with E-state index in [-0.39, 0.29) is 5.91 Å². The van der Waals surface area contributed by atoms with Gasteiger partial charge in [0.15, 0.2) is 0 Å². The van der Waals surface area contributed by atoms with Crippen LogP contribution in [0.4, 0.5) is 10.1 Å². The molecule has 100 valence electrons. The SMILES string of the molecule is CSCC[C@@H](N)C(=O)Nc1cc(F)c(Br)cc1C. The Hall–Kier alpha value is -0.590. The smallest absolute Gasteiger partial charge is 0.241 e. The van der Waals surface area contributed by atoms with Crippen LogP contribution >= 0.6 is 27.7 Å². The van der Waals surface area contributed by atoms with Gasteiger partial charge in [0.25, 0.3) is 0 Å². The number of rotatable bonds is 5. The van der Waals surface area contributed by atoms with Gasteiger partial charge in [-0.05, 0) is 59.0 Å². The Bertz CT molecular complexity index is 442. The number of nitrogens with two attached hydrogens (primary N) is 1. The number of halogens is 2. The lowest BCUT2D eigenvalue weighted by Crippen LogP contribution is -2.36. The van der Waals surface area contributed by atoms with Gasteiger partial charge in [-0.25, -0.2) is 4.39 Å². The molecule has 0 fully saturated rings. The lowest BCUT2D eigenvalue weighted by atomic mass is 10.1. The molecule has 0 aliphatic rings. The highest BCUT2D eigenvalue weighted by atomic mass is 79.9. The van der Waals surface area contributed by atoms with E-state index in [1.54, 1.807) is 24.8 Å². The maximum atomic E-state index is 13.4. The molecule has 6 heteroatoms. The van der Waals surface area contributed by atoms with Gasteiger partial charge in [-0.1, -0.05) is 0 Å². The molecule has 0 spiro atoms. The van der Waals surface area contributed by atoms with Gasteiger partial charge in [-0.2, -0.15) is 11.8 Å². The first kappa shape index (κ1) is 15.5. The van der Waals surface area contributed by atoms with E-state index in [0.717, 1.165) is 11.3 Å². The molecule has 3 nitrogen and oxygen atoms in total. The summed E-state index contributed by atoms with van der Waals surface area (Å²) < 4.78 is 13.8. The van der Waals surface area contributed by atoms with Crippen LogP contribution in [0.2, 0.25) is 0 Å². The molecule has 0 aliphatic heterocycles. The third-order valence-corrected chi connectivity index (χ3v) is 3.75. The van der Waals surface area contributed by atoms with Crippen LogP contribution < -0.4 is 11.1 Å². The minimum Gasteiger partial charge on any atom is -0.324 e. The van der Waals surface area contributed by atoms with Crippen LogP contribution in [0.25, 0.3) is 0 Å². The summed E-state index contributed by atoms with van der Waals surface area (Å²) in [7, 11) is 0. The monoisotopic (exact) mass is 334 g/mol. The lowest BCUT2D eigenvalue weighted by Gasteiger charge is -2.13. The van der Waals surface area contributed by atoms with E-state index < -0.39 is 11.9 Å². The van der Waals surface area contributed by atoms with Crippen molar-refractivity contribution >= 4 is 39.3 Å². The number of thioether (sulfide) groups is 1. The van der Waals surface area contributed by atoms with E-state index in [1.165, 1.54) is 6.07 Å². The highest BCUT2D eigenvalue weighted by molar-refractivity contribution is 9.10. The van der Waals surface area contributed by atoms with E-state index in [1.807, 2.05) is 6.26 Å². The van der Waals surface area contributed by atoms with Gasteiger partial charge in [-0.15, -0.1) is 0 Å². The molecular weight excluding hydrogens is 319 g/mol. The molecule has 1 aromatic rings. The van der Waals surface area contributed by atoms with E-state index >= 15 is 0 Å². The number of hydrogen-bond acceptors (Lipinski definition) is 3. The van der Waals surface area contributed by atoms with Gasteiger partial charge in [0.1, 0.15) is 5.82 Å². The van der Waals surface area contributed by atoms with Crippen LogP contribution in [0.3, 0.4) is 0 Å². The quantitative estimate of drug-likeness (QED) is 0.870. The van der Waals surface area contributed by atoms with E-state index in [0.29, 0.717) is 16.6 Å². The summed E-state index contributed by atoms with van der Waals surface area (Å²) in [5.41, 5.74) is 6.99. The molecule has 0 bridgehead atoms. The molecule has 0 saturated carbocycles. The Morgan fingerprint density at radius 3 is 2.89 bits per heavy atom. The molecule has 0 unspecified atom stereocenters. The maximum absolute atomic E-state index is 13.4. The highest BCUT2D eigenvalue weighted by Gasteiger charge is 2.15. The van der Waals surface area contributed by atoms with Crippen LogP contribution in [-0.4, -0.2) is 24.0 Å². The highest BCUT2D eigenvalue weighted by Crippen LogP contribution is 2.24. The number of benzene rings is 1. The predicted molar refractivity (Wildman–Crippen MR) is 78.4 cm³/mol. The fourth-order valence-electron chi connectivity index (χ4n) is 1.38. The van der Waals surface area contributed by atoms with E-state index in [4.69, 9.17) is 5.73 Å². The molecular formula is C12H16BrFN2OS. The van der Waals surface area contributed by atoms with Crippen molar-refractivity contribution in [2.75, 3.05) is 17.3 Å². The Balaban J connectivity index is 2.72. The molecule has 0 aliphatic carbocycles. The lowest BCUT2D eigenvalue weighted by molar-refractivity contribution is -0.117. The van der Waals surface area contributed by atoms with Crippen LogP contribution in [0.5, 0.6) is 0 Å². The fraction of sp³-hybridized carbons (Fsp3) is 0.417. The zero-order chi connectivity index (χ0) is 13.7. The van der Waals surface area contributed by atoms with Gasteiger partial charge < -0.3 is 11.1 Å². The van der Waals surface area contributed by atoms with Crippen molar-refractivity contribution in [1.82, 2.24) is 0 Å². The number of amides is 1. The van der Waals surface area contributed by atoms with Crippen LogP contribution in [-0.2, 0) is 4.79 Å². The van der Waals surface area contributed by atoms with Crippen molar-refractivity contribution < 1.29 is 9.18 Å². The molecule has 0 aromatic heterocycles. The summed E-state index contributed by atoms with van der Waals surface area (Å²) in [5, 5.41) is 2.65. The van der Waals surface area contributed by atoms with Crippen molar-refractivity contribution in [3.8, 4) is 0 Å². The first-order valence-corrected chi connectivity index (χ1v) is 7.65. The summed E-state index contributed by atoms with van der Waals surface area (Å²) >= 11 is 4.73. The standard InChI is InChI=1S/C12H16BrFN2OS/c1-7-5-8(13)9(14)6-11(7)16-12(17)10(15)3-4-18-2/h5-6,10H,3-4,15H2,1-2H3,(H,16,17)/t10-/m1/s1. The minimum atomic E-state index is -0.566. The summed E-state index contributed by atoms with van der Waals surface area (Å²) in [6, 6.07) is 2.35. The Kier molecular flexibility index (Phi) is 6.11. The normalized spacial score (nSPS) is 12.3. The molecule has 1 atom stereocenters. The van der Waals surface area contributed by atoms with Crippen molar-refractivity contribution in [3.05, 3.63) is 28.0 Å². The molecule has 18 heavy (non-hydrogen) atoms. The number of nitrogens with one attached hydrogen (secondary N) is 1. The summed E-state index contributed by atoms with van der Waals surface area (Å²) in [6.07, 6.45) is 2.56. The topological polar surface area (TPSA) is 55.1 Å². The molecule has 0 saturated heterocycles. The largest absolute Gasteiger partial charge is 0.324 e. The Morgan fingerprint density at radius 2 is 2.28 bits per heavy atom. The summed E-state index contributed by atoms with van der Waals surface area (Å²) in [6.45, 7) is 1.80. The molecule has 1 aromatic carbocycles. The zero-order valence-corrected chi connectivity index (χ0v) is 12.7. The average molecular weight is 335 g/mol. The first-order valence-electron chi connectivity index (χ1n) is 5.46. The predicted octanol–water partition coefficient (Wildman–Crippen LogP) is 2.92. The molecule has 1 rings (SSSR count). The fourth-order valence-corrected chi connectivity index (χ4v) is 2.33. The number of hydrogen-bond donors (Lipinski definition) is 2. The number of carbonyl (C=O) groups excluding carboxylic acids is 1. The van der Waals surface area contributed by atoms with Crippen molar-refractivity contribution in [2.45, 2.75) is 19.4 Å². The van der Waals surface area contributed by atoms with Gasteiger partial charge in [0.05, 0.1) is 10.5 Å². The second-order valence-corrected chi connectivity index (χ2v) is 5.80.